The standard InChI is InChI=1S/C36H22N4/c1-4-27-15-16-28-17-18-32(40-35(28)33(27)37-19-1)26-13-9-24(10-14-26)23-7-11-25(12-8-23)31-22-29-5-2-20-38-34(29)36-30(31)6-3-21-39-36/h1-22H. The van der Waals surface area contributed by atoms with E-state index in [0.29, 0.717) is 0 Å². The van der Waals surface area contributed by atoms with E-state index in [-0.39, 0.29) is 0 Å². The van der Waals surface area contributed by atoms with Crippen LogP contribution in [-0.4, -0.2) is 19.9 Å². The predicted molar refractivity (Wildman–Crippen MR) is 164 cm³/mol. The number of hydrogen-bond acceptors (Lipinski definition) is 4. The molecule has 4 nitrogen and oxygen atoms in total. The fraction of sp³-hybridized carbons (Fsp3) is 0. The Balaban J connectivity index is 1.14. The number of fused-ring (bicyclic) bond motifs is 6. The molecule has 4 aromatic heterocycles. The fourth-order valence-electron chi connectivity index (χ4n) is 5.58. The first kappa shape index (κ1) is 22.5. The Morgan fingerprint density at radius 1 is 0.375 bits per heavy atom. The molecule has 0 aliphatic rings. The van der Waals surface area contributed by atoms with Gasteiger partial charge in [-0.05, 0) is 52.6 Å². The van der Waals surface area contributed by atoms with Crippen LogP contribution in [0.1, 0.15) is 0 Å². The quantitative estimate of drug-likeness (QED) is 0.223. The number of aromatic nitrogens is 4. The molecule has 4 heteroatoms. The molecule has 0 unspecified atom stereocenters. The van der Waals surface area contributed by atoms with E-state index in [1.165, 1.54) is 5.56 Å². The molecule has 0 N–H and O–H groups in total. The van der Waals surface area contributed by atoms with Gasteiger partial charge in [-0.1, -0.05) is 84.9 Å². The van der Waals surface area contributed by atoms with Gasteiger partial charge in [0.2, 0.25) is 0 Å². The minimum absolute atomic E-state index is 0.932. The first-order chi connectivity index (χ1) is 19.8. The summed E-state index contributed by atoms with van der Waals surface area (Å²) in [4.78, 5) is 18.8. The summed E-state index contributed by atoms with van der Waals surface area (Å²) in [6, 6.07) is 40.2. The van der Waals surface area contributed by atoms with E-state index in [1.54, 1.807) is 0 Å². The molecule has 8 rings (SSSR count). The second-order valence-corrected chi connectivity index (χ2v) is 9.96. The molecule has 40 heavy (non-hydrogen) atoms. The molecule has 186 valence electrons. The second kappa shape index (κ2) is 9.07. The third-order valence-electron chi connectivity index (χ3n) is 7.60. The summed E-state index contributed by atoms with van der Waals surface area (Å²) in [5, 5.41) is 4.40. The zero-order chi connectivity index (χ0) is 26.5. The first-order valence-corrected chi connectivity index (χ1v) is 13.3. The van der Waals surface area contributed by atoms with Crippen LogP contribution in [-0.2, 0) is 0 Å². The van der Waals surface area contributed by atoms with E-state index in [9.17, 15) is 0 Å². The Kier molecular flexibility index (Phi) is 5.10. The highest BCUT2D eigenvalue weighted by molar-refractivity contribution is 6.10. The average molecular weight is 511 g/mol. The van der Waals surface area contributed by atoms with Crippen LogP contribution in [0.2, 0.25) is 0 Å². The molecule has 0 saturated carbocycles. The Morgan fingerprint density at radius 2 is 0.900 bits per heavy atom. The molecule has 0 fully saturated rings. The molecule has 0 saturated heterocycles. The van der Waals surface area contributed by atoms with Crippen molar-refractivity contribution in [2.45, 2.75) is 0 Å². The molecular formula is C36H22N4. The van der Waals surface area contributed by atoms with Crippen LogP contribution < -0.4 is 0 Å². The van der Waals surface area contributed by atoms with Crippen molar-refractivity contribution in [3.63, 3.8) is 0 Å². The normalized spacial score (nSPS) is 11.5. The van der Waals surface area contributed by atoms with Crippen molar-refractivity contribution in [3.8, 4) is 33.5 Å². The molecule has 0 atom stereocenters. The third-order valence-corrected chi connectivity index (χ3v) is 7.60. The summed E-state index contributed by atoms with van der Waals surface area (Å²) in [5.41, 5.74) is 10.4. The Bertz CT molecular complexity index is 2200. The minimum atomic E-state index is 0.932. The molecule has 0 aliphatic carbocycles. The van der Waals surface area contributed by atoms with Gasteiger partial charge in [-0.25, -0.2) is 4.98 Å². The van der Waals surface area contributed by atoms with Crippen molar-refractivity contribution >= 4 is 43.6 Å². The summed E-state index contributed by atoms with van der Waals surface area (Å²) >= 11 is 0. The van der Waals surface area contributed by atoms with Gasteiger partial charge in [0.1, 0.15) is 0 Å². The summed E-state index contributed by atoms with van der Waals surface area (Å²) in [6.45, 7) is 0. The molecule has 0 radical (unpaired) electrons. The van der Waals surface area contributed by atoms with Gasteiger partial charge >= 0.3 is 0 Å². The van der Waals surface area contributed by atoms with Crippen molar-refractivity contribution in [3.05, 3.63) is 134 Å². The maximum absolute atomic E-state index is 5.00. The van der Waals surface area contributed by atoms with Crippen molar-refractivity contribution in [2.75, 3.05) is 0 Å². The van der Waals surface area contributed by atoms with Gasteiger partial charge in [-0.2, -0.15) is 0 Å². The SMILES string of the molecule is c1cnc2c(c1)ccc1ccc(-c3ccc(-c4ccc(-c5cc6cccnc6c6ncccc56)cc4)cc3)nc12. The molecular weight excluding hydrogens is 488 g/mol. The Labute approximate surface area is 230 Å². The van der Waals surface area contributed by atoms with E-state index >= 15 is 0 Å². The van der Waals surface area contributed by atoms with Gasteiger partial charge < -0.3 is 0 Å². The van der Waals surface area contributed by atoms with Crippen molar-refractivity contribution in [1.82, 2.24) is 19.9 Å². The van der Waals surface area contributed by atoms with E-state index < -0.39 is 0 Å². The number of benzene rings is 4. The molecule has 4 aromatic carbocycles. The third kappa shape index (κ3) is 3.69. The lowest BCUT2D eigenvalue weighted by molar-refractivity contribution is 1.37. The van der Waals surface area contributed by atoms with Gasteiger partial charge in [-0.3, -0.25) is 15.0 Å². The van der Waals surface area contributed by atoms with Gasteiger partial charge in [0.25, 0.3) is 0 Å². The van der Waals surface area contributed by atoms with Crippen LogP contribution >= 0.6 is 0 Å². The van der Waals surface area contributed by atoms with Gasteiger partial charge in [0, 0.05) is 45.7 Å². The Morgan fingerprint density at radius 3 is 1.62 bits per heavy atom. The number of nitrogens with zero attached hydrogens (tertiary/aromatic N) is 4. The molecule has 0 amide bonds. The largest absolute Gasteiger partial charge is 0.254 e. The van der Waals surface area contributed by atoms with E-state index in [4.69, 9.17) is 4.98 Å². The highest BCUT2D eigenvalue weighted by Gasteiger charge is 2.11. The van der Waals surface area contributed by atoms with Crippen molar-refractivity contribution in [2.24, 2.45) is 0 Å². The molecule has 4 heterocycles. The second-order valence-electron chi connectivity index (χ2n) is 9.96. The topological polar surface area (TPSA) is 51.6 Å². The van der Waals surface area contributed by atoms with Crippen molar-refractivity contribution in [1.29, 1.82) is 0 Å². The highest BCUT2D eigenvalue weighted by atomic mass is 14.8. The zero-order valence-corrected chi connectivity index (χ0v) is 21.5. The van der Waals surface area contributed by atoms with Crippen LogP contribution in [0.25, 0.3) is 77.1 Å². The lowest BCUT2D eigenvalue weighted by Gasteiger charge is -2.11. The number of rotatable bonds is 3. The summed E-state index contributed by atoms with van der Waals surface area (Å²) in [5.74, 6) is 0. The van der Waals surface area contributed by atoms with Gasteiger partial charge in [-0.15, -0.1) is 0 Å². The number of pyridine rings is 4. The Hall–Kier alpha value is -5.48. The maximum Gasteiger partial charge on any atom is 0.0972 e. The predicted octanol–water partition coefficient (Wildman–Crippen LogP) is 8.88. The number of hydrogen-bond donors (Lipinski definition) is 0. The van der Waals surface area contributed by atoms with E-state index in [2.05, 4.69) is 112 Å². The molecule has 0 aliphatic heterocycles. The summed E-state index contributed by atoms with van der Waals surface area (Å²) in [6.07, 6.45) is 5.48. The lowest BCUT2D eigenvalue weighted by atomic mass is 9.95. The summed E-state index contributed by atoms with van der Waals surface area (Å²) in [7, 11) is 0. The summed E-state index contributed by atoms with van der Waals surface area (Å²) < 4.78 is 0. The average Bonchev–Trinajstić information content (AvgIpc) is 3.04. The molecule has 0 spiro atoms. The zero-order valence-electron chi connectivity index (χ0n) is 21.5. The van der Waals surface area contributed by atoms with Crippen LogP contribution in [0.3, 0.4) is 0 Å². The van der Waals surface area contributed by atoms with E-state index in [0.717, 1.165) is 71.6 Å². The van der Waals surface area contributed by atoms with Crippen LogP contribution in [0.5, 0.6) is 0 Å². The maximum atomic E-state index is 5.00. The van der Waals surface area contributed by atoms with Gasteiger partial charge in [0.15, 0.2) is 0 Å². The monoisotopic (exact) mass is 510 g/mol. The van der Waals surface area contributed by atoms with Crippen LogP contribution in [0, 0.1) is 0 Å². The van der Waals surface area contributed by atoms with Crippen molar-refractivity contribution < 1.29 is 0 Å². The van der Waals surface area contributed by atoms with Crippen LogP contribution in [0.15, 0.2) is 134 Å². The van der Waals surface area contributed by atoms with Gasteiger partial charge in [0.05, 0.1) is 27.8 Å². The first-order valence-electron chi connectivity index (χ1n) is 13.3. The highest BCUT2D eigenvalue weighted by Crippen LogP contribution is 2.34. The van der Waals surface area contributed by atoms with Crippen LogP contribution in [0.4, 0.5) is 0 Å². The molecule has 0 bridgehead atoms. The smallest absolute Gasteiger partial charge is 0.0972 e. The molecule has 8 aromatic rings. The van der Waals surface area contributed by atoms with E-state index in [1.807, 2.05) is 36.8 Å². The minimum Gasteiger partial charge on any atom is -0.254 e. The lowest BCUT2D eigenvalue weighted by Crippen LogP contribution is -1.89. The fourth-order valence-corrected chi connectivity index (χ4v) is 5.58.